The summed E-state index contributed by atoms with van der Waals surface area (Å²) < 4.78 is 46.6. The molecule has 2 rings (SSSR count). The van der Waals surface area contributed by atoms with Crippen LogP contribution >= 0.6 is 22.6 Å². The first kappa shape index (κ1) is 16.3. The monoisotopic (exact) mass is 415 g/mol. The highest BCUT2D eigenvalue weighted by Crippen LogP contribution is 2.25. The molecule has 0 spiro atoms. The standard InChI is InChI=1S/C13H13F3INO3/c14-13(15,16)7-21-11-2-1-8(5-10(11)17)12(19)18-9-3-4-20-6-9/h1-2,5,9H,3-4,6-7H2,(H,18,19). The molecule has 116 valence electrons. The Bertz CT molecular complexity index is 516. The van der Waals surface area contributed by atoms with Crippen LogP contribution in [-0.4, -0.2) is 37.9 Å². The number of halogens is 4. The highest BCUT2D eigenvalue weighted by Gasteiger charge is 2.28. The van der Waals surface area contributed by atoms with E-state index in [1.165, 1.54) is 18.2 Å². The average Bonchev–Trinajstić information content (AvgIpc) is 2.89. The molecule has 1 amide bonds. The molecule has 21 heavy (non-hydrogen) atoms. The van der Waals surface area contributed by atoms with Crippen molar-refractivity contribution in [1.29, 1.82) is 0 Å². The number of amides is 1. The smallest absolute Gasteiger partial charge is 0.422 e. The molecule has 0 radical (unpaired) electrons. The average molecular weight is 415 g/mol. The Balaban J connectivity index is 1.99. The Labute approximate surface area is 133 Å². The van der Waals surface area contributed by atoms with Crippen molar-refractivity contribution >= 4 is 28.5 Å². The topological polar surface area (TPSA) is 47.6 Å². The Morgan fingerprint density at radius 3 is 2.81 bits per heavy atom. The van der Waals surface area contributed by atoms with Crippen LogP contribution < -0.4 is 10.1 Å². The van der Waals surface area contributed by atoms with E-state index in [2.05, 4.69) is 10.1 Å². The molecule has 8 heteroatoms. The van der Waals surface area contributed by atoms with Crippen LogP contribution in [0.1, 0.15) is 16.8 Å². The fraction of sp³-hybridized carbons (Fsp3) is 0.462. The number of rotatable bonds is 4. The summed E-state index contributed by atoms with van der Waals surface area (Å²) in [6.07, 6.45) is -3.63. The van der Waals surface area contributed by atoms with Crippen molar-refractivity contribution in [2.24, 2.45) is 0 Å². The molecular weight excluding hydrogens is 402 g/mol. The van der Waals surface area contributed by atoms with E-state index in [0.717, 1.165) is 6.42 Å². The van der Waals surface area contributed by atoms with Gasteiger partial charge in [-0.3, -0.25) is 4.79 Å². The van der Waals surface area contributed by atoms with Crippen LogP contribution in [0, 0.1) is 3.57 Å². The van der Waals surface area contributed by atoms with Crippen LogP contribution in [0.4, 0.5) is 13.2 Å². The third-order valence-electron chi connectivity index (χ3n) is 2.85. The summed E-state index contributed by atoms with van der Waals surface area (Å²) >= 11 is 1.84. The van der Waals surface area contributed by atoms with Crippen LogP contribution in [-0.2, 0) is 4.74 Å². The van der Waals surface area contributed by atoms with Crippen molar-refractivity contribution in [3.8, 4) is 5.75 Å². The van der Waals surface area contributed by atoms with Crippen LogP contribution in [0.15, 0.2) is 18.2 Å². The molecule has 1 fully saturated rings. The highest BCUT2D eigenvalue weighted by atomic mass is 127. The second-order valence-electron chi connectivity index (χ2n) is 4.58. The molecule has 1 saturated heterocycles. The lowest BCUT2D eigenvalue weighted by molar-refractivity contribution is -0.153. The Kier molecular flexibility index (Phi) is 5.31. The van der Waals surface area contributed by atoms with E-state index in [9.17, 15) is 18.0 Å². The van der Waals surface area contributed by atoms with Gasteiger partial charge in [-0.2, -0.15) is 13.2 Å². The summed E-state index contributed by atoms with van der Waals surface area (Å²) in [4.78, 5) is 12.0. The van der Waals surface area contributed by atoms with Gasteiger partial charge in [0.2, 0.25) is 0 Å². The second kappa shape index (κ2) is 6.82. The van der Waals surface area contributed by atoms with E-state index >= 15 is 0 Å². The minimum atomic E-state index is -4.39. The lowest BCUT2D eigenvalue weighted by Gasteiger charge is -2.13. The van der Waals surface area contributed by atoms with Gasteiger partial charge < -0.3 is 14.8 Å². The first-order chi connectivity index (χ1) is 9.85. The zero-order valence-corrected chi connectivity index (χ0v) is 13.0. The summed E-state index contributed by atoms with van der Waals surface area (Å²) in [5.41, 5.74) is 0.380. The summed E-state index contributed by atoms with van der Waals surface area (Å²) in [5.74, 6) is -0.167. The van der Waals surface area contributed by atoms with E-state index in [1.807, 2.05) is 22.6 Å². The highest BCUT2D eigenvalue weighted by molar-refractivity contribution is 14.1. The van der Waals surface area contributed by atoms with E-state index in [0.29, 0.717) is 22.3 Å². The summed E-state index contributed by atoms with van der Waals surface area (Å²) in [5, 5.41) is 2.81. The Hall–Kier alpha value is -1.03. The van der Waals surface area contributed by atoms with Gasteiger partial charge in [0.15, 0.2) is 6.61 Å². The number of nitrogens with one attached hydrogen (secondary N) is 1. The van der Waals surface area contributed by atoms with E-state index < -0.39 is 12.8 Å². The van der Waals surface area contributed by atoms with Gasteiger partial charge in [0.05, 0.1) is 16.2 Å². The molecule has 1 aliphatic heterocycles. The van der Waals surface area contributed by atoms with Gasteiger partial charge in [0, 0.05) is 12.2 Å². The van der Waals surface area contributed by atoms with Crippen LogP contribution in [0.2, 0.25) is 0 Å². The number of alkyl halides is 3. The molecule has 0 bridgehead atoms. The molecule has 1 aliphatic rings. The number of carbonyl (C=O) groups is 1. The molecule has 0 saturated carbocycles. The fourth-order valence-corrected chi connectivity index (χ4v) is 2.51. The third kappa shape index (κ3) is 5.03. The van der Waals surface area contributed by atoms with Crippen molar-refractivity contribution in [2.75, 3.05) is 19.8 Å². The third-order valence-corrected chi connectivity index (χ3v) is 3.69. The summed E-state index contributed by atoms with van der Waals surface area (Å²) in [6.45, 7) is -0.254. The maximum Gasteiger partial charge on any atom is 0.422 e. The van der Waals surface area contributed by atoms with Gasteiger partial charge in [0.1, 0.15) is 5.75 Å². The lowest BCUT2D eigenvalue weighted by atomic mass is 10.2. The normalized spacial score (nSPS) is 18.6. The van der Waals surface area contributed by atoms with Gasteiger partial charge in [-0.05, 0) is 47.2 Å². The maximum absolute atomic E-state index is 12.1. The number of benzene rings is 1. The zero-order chi connectivity index (χ0) is 15.5. The van der Waals surface area contributed by atoms with Crippen LogP contribution in [0.25, 0.3) is 0 Å². The lowest BCUT2D eigenvalue weighted by Crippen LogP contribution is -2.35. The predicted octanol–water partition coefficient (Wildman–Crippen LogP) is 2.75. The van der Waals surface area contributed by atoms with Gasteiger partial charge in [-0.1, -0.05) is 0 Å². The molecule has 4 nitrogen and oxygen atoms in total. The predicted molar refractivity (Wildman–Crippen MR) is 77.4 cm³/mol. The molecule has 1 N–H and O–H groups in total. The van der Waals surface area contributed by atoms with Crippen molar-refractivity contribution in [3.63, 3.8) is 0 Å². The van der Waals surface area contributed by atoms with Crippen molar-refractivity contribution < 1.29 is 27.4 Å². The van der Waals surface area contributed by atoms with E-state index in [-0.39, 0.29) is 17.7 Å². The quantitative estimate of drug-likeness (QED) is 0.770. The minimum Gasteiger partial charge on any atom is -0.483 e. The van der Waals surface area contributed by atoms with E-state index in [1.54, 1.807) is 0 Å². The van der Waals surface area contributed by atoms with Crippen molar-refractivity contribution in [1.82, 2.24) is 5.32 Å². The SMILES string of the molecule is O=C(NC1CCOC1)c1ccc(OCC(F)(F)F)c(I)c1. The molecule has 1 unspecified atom stereocenters. The van der Waals surface area contributed by atoms with Gasteiger partial charge in [-0.25, -0.2) is 0 Å². The zero-order valence-electron chi connectivity index (χ0n) is 10.9. The maximum atomic E-state index is 12.1. The Morgan fingerprint density at radius 2 is 2.24 bits per heavy atom. The van der Waals surface area contributed by atoms with Crippen LogP contribution in [0.3, 0.4) is 0 Å². The summed E-state index contributed by atoms with van der Waals surface area (Å²) in [7, 11) is 0. The van der Waals surface area contributed by atoms with Gasteiger partial charge >= 0.3 is 6.18 Å². The van der Waals surface area contributed by atoms with Crippen molar-refractivity contribution in [3.05, 3.63) is 27.3 Å². The van der Waals surface area contributed by atoms with Gasteiger partial charge in [0.25, 0.3) is 5.91 Å². The number of carbonyl (C=O) groups excluding carboxylic acids is 1. The molecule has 1 aromatic carbocycles. The summed E-state index contributed by atoms with van der Waals surface area (Å²) in [6, 6.07) is 4.29. The largest absolute Gasteiger partial charge is 0.483 e. The van der Waals surface area contributed by atoms with Gasteiger partial charge in [-0.15, -0.1) is 0 Å². The first-order valence-corrected chi connectivity index (χ1v) is 7.31. The number of hydrogen-bond donors (Lipinski definition) is 1. The number of hydrogen-bond acceptors (Lipinski definition) is 3. The second-order valence-corrected chi connectivity index (χ2v) is 5.75. The molecule has 0 aliphatic carbocycles. The molecule has 1 aromatic rings. The fourth-order valence-electron chi connectivity index (χ4n) is 1.84. The number of ether oxygens (including phenoxy) is 2. The molecule has 1 heterocycles. The molecule has 0 aromatic heterocycles. The Morgan fingerprint density at radius 1 is 1.48 bits per heavy atom. The van der Waals surface area contributed by atoms with Crippen LogP contribution in [0.5, 0.6) is 5.75 Å². The van der Waals surface area contributed by atoms with Crippen molar-refractivity contribution in [2.45, 2.75) is 18.6 Å². The molecule has 1 atom stereocenters. The minimum absolute atomic E-state index is 0.0173. The van der Waals surface area contributed by atoms with E-state index in [4.69, 9.17) is 4.74 Å². The first-order valence-electron chi connectivity index (χ1n) is 6.23. The molecular formula is C13H13F3INO3.